The summed E-state index contributed by atoms with van der Waals surface area (Å²) in [6.45, 7) is 10.00. The maximum Gasteiger partial charge on any atom is 0.191 e. The third kappa shape index (κ3) is 7.52. The van der Waals surface area contributed by atoms with E-state index >= 15 is 0 Å². The Bertz CT molecular complexity index is 529. The number of nitrogens with one attached hydrogen (secondary N) is 2. The molecule has 0 radical (unpaired) electrons. The third-order valence-corrected chi connectivity index (χ3v) is 5.84. The number of piperidine rings is 1. The molecule has 0 aromatic carbocycles. The summed E-state index contributed by atoms with van der Waals surface area (Å²) in [7, 11) is 0. The van der Waals surface area contributed by atoms with Gasteiger partial charge in [-0.25, -0.2) is 0 Å². The van der Waals surface area contributed by atoms with Gasteiger partial charge in [0.25, 0.3) is 0 Å². The van der Waals surface area contributed by atoms with Gasteiger partial charge in [-0.15, -0.1) is 11.3 Å². The molecule has 3 N–H and O–H groups in total. The molecule has 1 aliphatic heterocycles. The minimum Gasteiger partial charge on any atom is -0.386 e. The van der Waals surface area contributed by atoms with Gasteiger partial charge in [0.2, 0.25) is 0 Å². The fourth-order valence-electron chi connectivity index (χ4n) is 2.91. The zero-order valence-corrected chi connectivity index (χ0v) is 16.9. The topological polar surface area (TPSA) is 59.9 Å². The number of guanidine groups is 1. The Labute approximate surface area is 160 Å². The van der Waals surface area contributed by atoms with Crippen LogP contribution in [0, 0.1) is 5.92 Å². The molecule has 1 aliphatic rings. The van der Waals surface area contributed by atoms with Crippen molar-refractivity contribution < 1.29 is 5.11 Å². The number of aliphatic imine (C=N–C) groups is 1. The number of hydrogen-bond acceptors (Lipinski definition) is 4. The van der Waals surface area contributed by atoms with Crippen molar-refractivity contribution in [2.24, 2.45) is 10.9 Å². The number of halogens is 1. The van der Waals surface area contributed by atoms with Gasteiger partial charge >= 0.3 is 0 Å². The maximum absolute atomic E-state index is 10.2. The largest absolute Gasteiger partial charge is 0.386 e. The van der Waals surface area contributed by atoms with Gasteiger partial charge in [0.05, 0.1) is 10.9 Å². The van der Waals surface area contributed by atoms with Crippen LogP contribution in [0.25, 0.3) is 0 Å². The fraction of sp³-hybridized carbons (Fsp3) is 0.722. The standard InChI is InChI=1S/C18H31ClN4OS/c1-3-20-18(22-13-15(24)16-5-6-17(19)25-16)21-9-4-10-23-11-7-14(2)8-12-23/h5-6,14-15,24H,3-4,7-13H2,1-2H3,(H2,20,21,22). The summed E-state index contributed by atoms with van der Waals surface area (Å²) in [5.41, 5.74) is 0. The second-order valence-corrected chi connectivity index (χ2v) is 8.43. The Hall–Kier alpha value is -0.820. The summed E-state index contributed by atoms with van der Waals surface area (Å²) in [6.07, 6.45) is 3.13. The summed E-state index contributed by atoms with van der Waals surface area (Å²) in [5.74, 6) is 1.64. The molecular weight excluding hydrogens is 356 g/mol. The molecule has 0 amide bonds. The van der Waals surface area contributed by atoms with Gasteiger partial charge in [-0.05, 0) is 63.9 Å². The van der Waals surface area contributed by atoms with Crippen molar-refractivity contribution in [3.63, 3.8) is 0 Å². The van der Waals surface area contributed by atoms with E-state index in [-0.39, 0.29) is 0 Å². The first-order valence-corrected chi connectivity index (χ1v) is 10.5. The molecule has 5 nitrogen and oxygen atoms in total. The summed E-state index contributed by atoms with van der Waals surface area (Å²) in [4.78, 5) is 7.89. The zero-order valence-electron chi connectivity index (χ0n) is 15.3. The maximum atomic E-state index is 10.2. The van der Waals surface area contributed by atoms with E-state index in [1.807, 2.05) is 13.0 Å². The van der Waals surface area contributed by atoms with E-state index in [1.165, 1.54) is 37.3 Å². The lowest BCUT2D eigenvalue weighted by atomic mass is 9.99. The Morgan fingerprint density at radius 2 is 2.16 bits per heavy atom. The van der Waals surface area contributed by atoms with E-state index in [0.717, 1.165) is 42.8 Å². The van der Waals surface area contributed by atoms with Gasteiger partial charge in [-0.3, -0.25) is 4.99 Å². The van der Waals surface area contributed by atoms with Crippen LogP contribution in [0.3, 0.4) is 0 Å². The Morgan fingerprint density at radius 3 is 2.80 bits per heavy atom. The van der Waals surface area contributed by atoms with Crippen molar-refractivity contribution in [1.82, 2.24) is 15.5 Å². The van der Waals surface area contributed by atoms with Gasteiger partial charge in [0, 0.05) is 18.0 Å². The monoisotopic (exact) mass is 386 g/mol. The molecule has 142 valence electrons. The smallest absolute Gasteiger partial charge is 0.191 e. The number of rotatable bonds is 8. The molecule has 0 bridgehead atoms. The number of aliphatic hydroxyl groups excluding tert-OH is 1. The summed E-state index contributed by atoms with van der Waals surface area (Å²) >= 11 is 7.31. The molecule has 1 fully saturated rings. The number of thiophene rings is 1. The molecule has 1 aromatic heterocycles. The molecule has 25 heavy (non-hydrogen) atoms. The molecule has 0 saturated carbocycles. The highest BCUT2D eigenvalue weighted by atomic mass is 35.5. The predicted molar refractivity (Wildman–Crippen MR) is 108 cm³/mol. The van der Waals surface area contributed by atoms with Crippen LogP contribution in [0.1, 0.15) is 44.1 Å². The number of hydrogen-bond donors (Lipinski definition) is 3. The van der Waals surface area contributed by atoms with Crippen LogP contribution in [0.2, 0.25) is 4.34 Å². The first-order chi connectivity index (χ1) is 12.1. The van der Waals surface area contributed by atoms with Crippen LogP contribution < -0.4 is 10.6 Å². The van der Waals surface area contributed by atoms with Crippen molar-refractivity contribution in [3.05, 3.63) is 21.3 Å². The SMILES string of the molecule is CCNC(=NCC(O)c1ccc(Cl)s1)NCCCN1CCC(C)CC1. The molecule has 7 heteroatoms. The van der Waals surface area contributed by atoms with Crippen molar-refractivity contribution >= 4 is 28.9 Å². The van der Waals surface area contributed by atoms with Gasteiger partial charge in [-0.2, -0.15) is 0 Å². The van der Waals surface area contributed by atoms with E-state index in [4.69, 9.17) is 11.6 Å². The molecule has 1 aromatic rings. The predicted octanol–water partition coefficient (Wildman–Crippen LogP) is 3.11. The highest BCUT2D eigenvalue weighted by Gasteiger charge is 2.15. The molecule has 2 heterocycles. The minimum atomic E-state index is -0.608. The molecule has 0 spiro atoms. The van der Waals surface area contributed by atoms with Gasteiger partial charge in [0.1, 0.15) is 6.10 Å². The second-order valence-electron chi connectivity index (χ2n) is 6.68. The van der Waals surface area contributed by atoms with E-state index in [1.54, 1.807) is 6.07 Å². The van der Waals surface area contributed by atoms with Crippen LogP contribution in [0.4, 0.5) is 0 Å². The van der Waals surface area contributed by atoms with Gasteiger partial charge in [0.15, 0.2) is 5.96 Å². The van der Waals surface area contributed by atoms with Crippen molar-refractivity contribution in [2.75, 3.05) is 39.3 Å². The van der Waals surface area contributed by atoms with E-state index in [0.29, 0.717) is 10.9 Å². The van der Waals surface area contributed by atoms with Gasteiger partial charge < -0.3 is 20.6 Å². The molecule has 1 unspecified atom stereocenters. The van der Waals surface area contributed by atoms with E-state index < -0.39 is 6.10 Å². The third-order valence-electron chi connectivity index (χ3n) is 4.51. The lowest BCUT2D eigenvalue weighted by molar-refractivity contribution is 0.190. The first-order valence-electron chi connectivity index (χ1n) is 9.26. The highest BCUT2D eigenvalue weighted by Crippen LogP contribution is 2.26. The highest BCUT2D eigenvalue weighted by molar-refractivity contribution is 7.16. The Balaban J connectivity index is 1.70. The fourth-order valence-corrected chi connectivity index (χ4v) is 3.95. The Kier molecular flexibility index (Phi) is 9.03. The number of aliphatic hydroxyl groups is 1. The van der Waals surface area contributed by atoms with Crippen molar-refractivity contribution in [3.8, 4) is 0 Å². The van der Waals surface area contributed by atoms with Crippen LogP contribution in [-0.4, -0.2) is 55.2 Å². The number of likely N-dealkylation sites (tertiary alicyclic amines) is 1. The van der Waals surface area contributed by atoms with Crippen LogP contribution in [-0.2, 0) is 0 Å². The van der Waals surface area contributed by atoms with Crippen molar-refractivity contribution in [1.29, 1.82) is 0 Å². The average Bonchev–Trinajstić information content (AvgIpc) is 3.04. The molecule has 1 saturated heterocycles. The quantitative estimate of drug-likeness (QED) is 0.365. The molecule has 0 aliphatic carbocycles. The van der Waals surface area contributed by atoms with Crippen molar-refractivity contribution in [2.45, 2.75) is 39.2 Å². The van der Waals surface area contributed by atoms with E-state index in [9.17, 15) is 5.11 Å². The minimum absolute atomic E-state index is 0.330. The van der Waals surface area contributed by atoms with Gasteiger partial charge in [-0.1, -0.05) is 18.5 Å². The Morgan fingerprint density at radius 1 is 1.40 bits per heavy atom. The lowest BCUT2D eigenvalue weighted by Crippen LogP contribution is -2.40. The summed E-state index contributed by atoms with van der Waals surface area (Å²) in [5, 5.41) is 16.8. The molecule has 2 rings (SSSR count). The lowest BCUT2D eigenvalue weighted by Gasteiger charge is -2.30. The summed E-state index contributed by atoms with van der Waals surface area (Å²) < 4.78 is 0.690. The zero-order chi connectivity index (χ0) is 18.1. The normalized spacial score (nSPS) is 18.3. The second kappa shape index (κ2) is 11.0. The van der Waals surface area contributed by atoms with E-state index in [2.05, 4.69) is 27.4 Å². The van der Waals surface area contributed by atoms with Crippen LogP contribution in [0.5, 0.6) is 0 Å². The summed E-state index contributed by atoms with van der Waals surface area (Å²) in [6, 6.07) is 3.66. The van der Waals surface area contributed by atoms with Crippen LogP contribution >= 0.6 is 22.9 Å². The molecular formula is C18H31ClN4OS. The average molecular weight is 387 g/mol. The number of nitrogens with zero attached hydrogens (tertiary/aromatic N) is 2. The first kappa shape index (κ1) is 20.5. The van der Waals surface area contributed by atoms with Crippen LogP contribution in [0.15, 0.2) is 17.1 Å². The molecule has 1 atom stereocenters.